The summed E-state index contributed by atoms with van der Waals surface area (Å²) in [7, 11) is 0. The van der Waals surface area contributed by atoms with Gasteiger partial charge in [0.15, 0.2) is 6.10 Å². The first-order chi connectivity index (χ1) is 16.5. The van der Waals surface area contributed by atoms with Crippen molar-refractivity contribution in [3.05, 3.63) is 71.8 Å². The van der Waals surface area contributed by atoms with Gasteiger partial charge in [0, 0.05) is 13.8 Å². The predicted molar refractivity (Wildman–Crippen MR) is 123 cm³/mol. The number of ether oxygens (including phenoxy) is 5. The Balaban J connectivity index is 1.55. The largest absolute Gasteiger partial charge is 0.455 e. The van der Waals surface area contributed by atoms with E-state index in [0.29, 0.717) is 13.2 Å². The molecule has 0 aromatic heterocycles. The van der Waals surface area contributed by atoms with Gasteiger partial charge in [-0.2, -0.15) is 0 Å². The number of hydrogen-bond donors (Lipinski definition) is 0. The van der Waals surface area contributed by atoms with E-state index in [1.165, 1.54) is 13.8 Å². The third-order valence-electron chi connectivity index (χ3n) is 6.15. The lowest BCUT2D eigenvalue weighted by Gasteiger charge is -2.37. The van der Waals surface area contributed by atoms with E-state index in [1.54, 1.807) is 0 Å². The zero-order valence-corrected chi connectivity index (χ0v) is 19.3. The highest BCUT2D eigenvalue weighted by Gasteiger charge is 2.78. The number of hydrogen-bond acceptors (Lipinski definition) is 8. The first-order valence-electron chi connectivity index (χ1n) is 11.2. The summed E-state index contributed by atoms with van der Waals surface area (Å²) in [4.78, 5) is 28.1. The number of carbonyl (C=O) groups excluding carboxylic acids is 2. The lowest BCUT2D eigenvalue weighted by molar-refractivity contribution is -0.252. The van der Waals surface area contributed by atoms with Gasteiger partial charge in [-0.1, -0.05) is 60.7 Å². The van der Waals surface area contributed by atoms with Gasteiger partial charge in [-0.3, -0.25) is 14.6 Å². The molecule has 0 N–H and O–H groups in total. The quantitative estimate of drug-likeness (QED) is 0.392. The SMILES string of the molecule is C=NC12C(COCc3ccccc3)O[C@@H](OC(C)=O)C(OC(C)=O)C1C2OCc1ccccc1. The van der Waals surface area contributed by atoms with E-state index in [4.69, 9.17) is 23.7 Å². The first-order valence-corrected chi connectivity index (χ1v) is 11.2. The van der Waals surface area contributed by atoms with Crippen LogP contribution in [-0.2, 0) is 46.5 Å². The standard InChI is InChI=1S/C26H29NO7/c1-17(28)32-23-22-24(31-15-20-12-8-5-9-13-20)26(22,27-3)21(34-25(23)33-18(2)29)16-30-14-19-10-6-4-7-11-19/h4-13,21-25H,3,14-16H2,1-2H3/t21?,22?,23?,24?,25-,26?/m1/s1. The molecule has 8 heteroatoms. The minimum atomic E-state index is -1.10. The summed E-state index contributed by atoms with van der Waals surface area (Å²) in [5.74, 6) is -1.47. The summed E-state index contributed by atoms with van der Waals surface area (Å²) in [5, 5.41) is 0. The summed E-state index contributed by atoms with van der Waals surface area (Å²) >= 11 is 0. The van der Waals surface area contributed by atoms with Crippen molar-refractivity contribution in [1.82, 2.24) is 0 Å². The van der Waals surface area contributed by atoms with Crippen LogP contribution in [0.5, 0.6) is 0 Å². The van der Waals surface area contributed by atoms with Crippen molar-refractivity contribution in [3.8, 4) is 0 Å². The van der Waals surface area contributed by atoms with Crippen molar-refractivity contribution >= 4 is 18.7 Å². The maximum Gasteiger partial charge on any atom is 0.305 e. The molecule has 1 saturated carbocycles. The van der Waals surface area contributed by atoms with Crippen LogP contribution in [0.1, 0.15) is 25.0 Å². The number of carbonyl (C=O) groups is 2. The number of fused-ring (bicyclic) bond motifs is 1. The summed E-state index contributed by atoms with van der Waals surface area (Å²) < 4.78 is 29.2. The highest BCUT2D eigenvalue weighted by molar-refractivity contribution is 5.67. The average molecular weight is 468 g/mol. The minimum absolute atomic E-state index is 0.167. The van der Waals surface area contributed by atoms with Gasteiger partial charge in [0.05, 0.1) is 31.8 Å². The Labute approximate surface area is 198 Å². The smallest absolute Gasteiger partial charge is 0.305 e. The fourth-order valence-corrected chi connectivity index (χ4v) is 4.64. The van der Waals surface area contributed by atoms with Crippen molar-refractivity contribution < 1.29 is 33.3 Å². The topological polar surface area (TPSA) is 92.6 Å². The van der Waals surface area contributed by atoms with Crippen LogP contribution in [0.4, 0.5) is 0 Å². The lowest BCUT2D eigenvalue weighted by Crippen LogP contribution is -2.52. The van der Waals surface area contributed by atoms with E-state index in [0.717, 1.165) is 11.1 Å². The van der Waals surface area contributed by atoms with E-state index < -0.39 is 48.0 Å². The van der Waals surface area contributed by atoms with Gasteiger partial charge in [-0.15, -0.1) is 0 Å². The van der Waals surface area contributed by atoms with Gasteiger partial charge < -0.3 is 23.7 Å². The molecule has 5 unspecified atom stereocenters. The van der Waals surface area contributed by atoms with Gasteiger partial charge in [0.2, 0.25) is 6.29 Å². The molecule has 34 heavy (non-hydrogen) atoms. The molecule has 2 aromatic carbocycles. The molecule has 0 radical (unpaired) electrons. The van der Waals surface area contributed by atoms with Crippen LogP contribution >= 0.6 is 0 Å². The summed E-state index contributed by atoms with van der Waals surface area (Å²) in [6.07, 6.45) is -3.05. The molecule has 2 fully saturated rings. The fraction of sp³-hybridized carbons (Fsp3) is 0.423. The molecule has 0 amide bonds. The second-order valence-electron chi connectivity index (χ2n) is 8.47. The molecule has 1 aliphatic heterocycles. The van der Waals surface area contributed by atoms with Crippen LogP contribution in [0.3, 0.4) is 0 Å². The number of esters is 2. The molecule has 4 rings (SSSR count). The zero-order chi connectivity index (χ0) is 24.1. The molecule has 0 bridgehead atoms. The van der Waals surface area contributed by atoms with Crippen LogP contribution < -0.4 is 0 Å². The molecule has 1 saturated heterocycles. The molecule has 1 heterocycles. The summed E-state index contributed by atoms with van der Waals surface area (Å²) in [6.45, 7) is 7.26. The number of aliphatic imine (C=N–C) groups is 1. The normalized spacial score (nSPS) is 29.5. The van der Waals surface area contributed by atoms with E-state index in [1.807, 2.05) is 60.7 Å². The second-order valence-corrected chi connectivity index (χ2v) is 8.47. The summed E-state index contributed by atoms with van der Waals surface area (Å²) in [5.41, 5.74) is 1.10. The van der Waals surface area contributed by atoms with Gasteiger partial charge in [0.25, 0.3) is 0 Å². The van der Waals surface area contributed by atoms with Gasteiger partial charge >= 0.3 is 11.9 Å². The number of benzene rings is 2. The van der Waals surface area contributed by atoms with Gasteiger partial charge in [0.1, 0.15) is 11.6 Å². The predicted octanol–water partition coefficient (Wildman–Crippen LogP) is 3.08. The van der Waals surface area contributed by atoms with E-state index in [2.05, 4.69) is 11.7 Å². The van der Waals surface area contributed by atoms with Crippen molar-refractivity contribution in [2.45, 2.75) is 57.2 Å². The molecule has 2 aromatic rings. The van der Waals surface area contributed by atoms with Crippen molar-refractivity contribution in [1.29, 1.82) is 0 Å². The monoisotopic (exact) mass is 467 g/mol. The Morgan fingerprint density at radius 3 is 2.09 bits per heavy atom. The number of rotatable bonds is 10. The van der Waals surface area contributed by atoms with Crippen LogP contribution in [0, 0.1) is 5.92 Å². The highest BCUT2D eigenvalue weighted by Crippen LogP contribution is 2.59. The molecule has 8 nitrogen and oxygen atoms in total. The van der Waals surface area contributed by atoms with Crippen LogP contribution in [0.25, 0.3) is 0 Å². The van der Waals surface area contributed by atoms with Gasteiger partial charge in [-0.05, 0) is 17.8 Å². The Hall–Kier alpha value is -3.07. The Kier molecular flexibility index (Phi) is 7.41. The van der Waals surface area contributed by atoms with E-state index in [-0.39, 0.29) is 6.61 Å². The number of nitrogens with zero attached hydrogens (tertiary/aromatic N) is 1. The molecule has 2 aliphatic rings. The third-order valence-corrected chi connectivity index (χ3v) is 6.15. The molecule has 0 spiro atoms. The van der Waals surface area contributed by atoms with Crippen molar-refractivity contribution in [2.24, 2.45) is 10.9 Å². The maximum absolute atomic E-state index is 11.9. The fourth-order valence-electron chi connectivity index (χ4n) is 4.64. The molecule has 180 valence electrons. The first kappa shape index (κ1) is 24.1. The zero-order valence-electron chi connectivity index (χ0n) is 19.3. The van der Waals surface area contributed by atoms with Gasteiger partial charge in [-0.25, -0.2) is 0 Å². The molecule has 1 aliphatic carbocycles. The van der Waals surface area contributed by atoms with E-state index >= 15 is 0 Å². The average Bonchev–Trinajstić information content (AvgIpc) is 3.50. The van der Waals surface area contributed by atoms with E-state index in [9.17, 15) is 9.59 Å². The van der Waals surface area contributed by atoms with Crippen molar-refractivity contribution in [3.63, 3.8) is 0 Å². The van der Waals surface area contributed by atoms with Crippen LogP contribution in [0.15, 0.2) is 65.7 Å². The van der Waals surface area contributed by atoms with Crippen molar-refractivity contribution in [2.75, 3.05) is 6.61 Å². The Morgan fingerprint density at radius 1 is 0.941 bits per heavy atom. The maximum atomic E-state index is 11.9. The third kappa shape index (κ3) is 5.04. The molecule has 6 atom stereocenters. The minimum Gasteiger partial charge on any atom is -0.455 e. The molecular weight excluding hydrogens is 438 g/mol. The molecular formula is C26H29NO7. The Bertz CT molecular complexity index is 999. The highest BCUT2D eigenvalue weighted by atomic mass is 16.7. The van der Waals surface area contributed by atoms with Crippen LogP contribution in [0.2, 0.25) is 0 Å². The van der Waals surface area contributed by atoms with Crippen LogP contribution in [-0.4, -0.2) is 55.4 Å². The second kappa shape index (κ2) is 10.5. The summed E-state index contributed by atoms with van der Waals surface area (Å²) in [6, 6.07) is 19.5. The Morgan fingerprint density at radius 2 is 1.53 bits per heavy atom. The lowest BCUT2D eigenvalue weighted by atomic mass is 10.00.